The summed E-state index contributed by atoms with van der Waals surface area (Å²) in [6.07, 6.45) is 2.53. The molecular weight excluding hydrogens is 258 g/mol. The highest BCUT2D eigenvalue weighted by molar-refractivity contribution is 5.88. The summed E-state index contributed by atoms with van der Waals surface area (Å²) in [6, 6.07) is 1.73. The maximum atomic E-state index is 12.0. The Balaban J connectivity index is 2.12. The molecule has 0 aromatic carbocycles. The van der Waals surface area contributed by atoms with Crippen molar-refractivity contribution in [3.8, 4) is 5.95 Å². The molecule has 2 aromatic rings. The summed E-state index contributed by atoms with van der Waals surface area (Å²) in [5.41, 5.74) is 2.20. The average Bonchev–Trinajstić information content (AvgIpc) is 2.95. The summed E-state index contributed by atoms with van der Waals surface area (Å²) in [6.45, 7) is 3.23. The Hall–Kier alpha value is -2.44. The van der Waals surface area contributed by atoms with Crippen molar-refractivity contribution in [2.24, 2.45) is 0 Å². The van der Waals surface area contributed by atoms with Crippen LogP contribution in [0.2, 0.25) is 0 Å². The molecule has 2 N–H and O–H groups in total. The maximum Gasteiger partial charge on any atom is 0.255 e. The van der Waals surface area contributed by atoms with Crippen molar-refractivity contribution >= 4 is 11.7 Å². The number of amides is 1. The monoisotopic (exact) mass is 273 g/mol. The first-order chi connectivity index (χ1) is 9.54. The number of hydrogen-bond acceptors (Lipinski definition) is 4. The van der Waals surface area contributed by atoms with E-state index in [-0.39, 0.29) is 11.5 Å². The Morgan fingerprint density at radius 1 is 1.45 bits per heavy atom. The molecule has 0 aliphatic heterocycles. The summed E-state index contributed by atoms with van der Waals surface area (Å²) in [7, 11) is 0. The number of carbonyl (C=O) groups excluding carboxylic acids is 1. The number of aromatic nitrogens is 4. The summed E-state index contributed by atoms with van der Waals surface area (Å²) < 4.78 is 1.46. The molecule has 0 saturated heterocycles. The first-order valence-corrected chi connectivity index (χ1v) is 6.51. The highest BCUT2D eigenvalue weighted by Gasteiger charge is 2.19. The van der Waals surface area contributed by atoms with Crippen LogP contribution >= 0.6 is 0 Å². The molecule has 0 bridgehead atoms. The molecule has 1 aliphatic rings. The highest BCUT2D eigenvalue weighted by Crippen LogP contribution is 2.19. The van der Waals surface area contributed by atoms with Crippen molar-refractivity contribution in [2.75, 3.05) is 5.32 Å². The van der Waals surface area contributed by atoms with E-state index in [1.807, 2.05) is 6.92 Å². The molecule has 0 radical (unpaired) electrons. The van der Waals surface area contributed by atoms with E-state index in [1.165, 1.54) is 11.6 Å². The second-order valence-corrected chi connectivity index (χ2v) is 4.93. The lowest BCUT2D eigenvalue weighted by atomic mass is 10.3. The van der Waals surface area contributed by atoms with Gasteiger partial charge in [0, 0.05) is 18.6 Å². The van der Waals surface area contributed by atoms with E-state index in [2.05, 4.69) is 20.4 Å². The van der Waals surface area contributed by atoms with Gasteiger partial charge in [-0.2, -0.15) is 9.78 Å². The number of nitrogens with zero attached hydrogens (tertiary/aromatic N) is 3. The van der Waals surface area contributed by atoms with Crippen LogP contribution in [0.3, 0.4) is 0 Å². The first kappa shape index (κ1) is 12.6. The number of nitrogens with one attached hydrogen (secondary N) is 2. The van der Waals surface area contributed by atoms with Crippen LogP contribution in [0.1, 0.15) is 30.3 Å². The molecule has 7 nitrogen and oxygen atoms in total. The summed E-state index contributed by atoms with van der Waals surface area (Å²) in [5, 5.41) is 6.95. The van der Waals surface area contributed by atoms with E-state index in [4.69, 9.17) is 0 Å². The van der Waals surface area contributed by atoms with Crippen LogP contribution in [0.25, 0.3) is 5.95 Å². The lowest BCUT2D eigenvalue weighted by Crippen LogP contribution is -2.20. The Kier molecular flexibility index (Phi) is 2.89. The Morgan fingerprint density at radius 2 is 2.25 bits per heavy atom. The normalized spacial score (nSPS) is 13.3. The minimum absolute atomic E-state index is 0.121. The fourth-order valence-corrected chi connectivity index (χ4v) is 2.46. The molecular formula is C13H15N5O2. The molecule has 0 atom stereocenters. The summed E-state index contributed by atoms with van der Waals surface area (Å²) in [5.74, 6) is 0.637. The van der Waals surface area contributed by atoms with Gasteiger partial charge in [-0.1, -0.05) is 0 Å². The van der Waals surface area contributed by atoms with E-state index in [1.54, 1.807) is 6.07 Å². The minimum Gasteiger partial charge on any atom is -0.311 e. The molecule has 3 rings (SSSR count). The zero-order chi connectivity index (χ0) is 14.3. The standard InChI is InChI=1S/C13H15N5O2/c1-7-6-11(14-8(2)19)18(17-7)13-15-10-5-3-4-9(10)12(20)16-13/h6H,3-5H2,1-2H3,(H,14,19)(H,15,16,20). The van der Waals surface area contributed by atoms with Gasteiger partial charge in [0.1, 0.15) is 5.82 Å². The summed E-state index contributed by atoms with van der Waals surface area (Å²) >= 11 is 0. The van der Waals surface area contributed by atoms with Crippen LogP contribution in [0, 0.1) is 6.92 Å². The predicted octanol–water partition coefficient (Wildman–Crippen LogP) is 0.711. The van der Waals surface area contributed by atoms with Gasteiger partial charge in [-0.3, -0.25) is 14.6 Å². The number of hydrogen-bond donors (Lipinski definition) is 2. The van der Waals surface area contributed by atoms with Crippen molar-refractivity contribution < 1.29 is 4.79 Å². The molecule has 2 aromatic heterocycles. The van der Waals surface area contributed by atoms with Gasteiger partial charge >= 0.3 is 0 Å². The van der Waals surface area contributed by atoms with Gasteiger partial charge in [0.15, 0.2) is 0 Å². The van der Waals surface area contributed by atoms with E-state index >= 15 is 0 Å². The van der Waals surface area contributed by atoms with Gasteiger partial charge in [0.05, 0.1) is 11.4 Å². The van der Waals surface area contributed by atoms with Gasteiger partial charge in [-0.15, -0.1) is 0 Å². The zero-order valence-corrected chi connectivity index (χ0v) is 11.4. The molecule has 0 saturated carbocycles. The lowest BCUT2D eigenvalue weighted by molar-refractivity contribution is -0.114. The fraction of sp³-hybridized carbons (Fsp3) is 0.385. The predicted molar refractivity (Wildman–Crippen MR) is 73.0 cm³/mol. The van der Waals surface area contributed by atoms with E-state index < -0.39 is 0 Å². The Labute approximate surface area is 115 Å². The topological polar surface area (TPSA) is 92.7 Å². The SMILES string of the molecule is CC(=O)Nc1cc(C)nn1-c1nc2c(c(=O)[nH]1)CCC2. The van der Waals surface area contributed by atoms with Gasteiger partial charge in [0.2, 0.25) is 11.9 Å². The van der Waals surface area contributed by atoms with Crippen molar-refractivity contribution in [3.63, 3.8) is 0 Å². The van der Waals surface area contributed by atoms with E-state index in [9.17, 15) is 9.59 Å². The molecule has 0 fully saturated rings. The zero-order valence-electron chi connectivity index (χ0n) is 11.4. The van der Waals surface area contributed by atoms with Crippen LogP contribution in [0.5, 0.6) is 0 Å². The number of carbonyl (C=O) groups is 1. The first-order valence-electron chi connectivity index (χ1n) is 6.51. The highest BCUT2D eigenvalue weighted by atomic mass is 16.1. The third-order valence-corrected chi connectivity index (χ3v) is 3.27. The molecule has 0 unspecified atom stereocenters. The number of rotatable bonds is 2. The largest absolute Gasteiger partial charge is 0.311 e. The fourth-order valence-electron chi connectivity index (χ4n) is 2.46. The Bertz CT molecular complexity index is 744. The second kappa shape index (κ2) is 4.59. The second-order valence-electron chi connectivity index (χ2n) is 4.93. The smallest absolute Gasteiger partial charge is 0.255 e. The maximum absolute atomic E-state index is 12.0. The number of anilines is 1. The van der Waals surface area contributed by atoms with Crippen LogP contribution in [0.4, 0.5) is 5.82 Å². The molecule has 7 heteroatoms. The van der Waals surface area contributed by atoms with Gasteiger partial charge < -0.3 is 5.32 Å². The van der Waals surface area contributed by atoms with Gasteiger partial charge in [-0.05, 0) is 26.2 Å². The number of H-pyrrole nitrogens is 1. The Morgan fingerprint density at radius 3 is 3.00 bits per heavy atom. The number of aromatic amines is 1. The number of fused-ring (bicyclic) bond motifs is 1. The van der Waals surface area contributed by atoms with Crippen LogP contribution in [-0.4, -0.2) is 25.7 Å². The minimum atomic E-state index is -0.199. The van der Waals surface area contributed by atoms with Crippen molar-refractivity contribution in [3.05, 3.63) is 33.4 Å². The van der Waals surface area contributed by atoms with Gasteiger partial charge in [-0.25, -0.2) is 4.98 Å². The molecule has 1 amide bonds. The quantitative estimate of drug-likeness (QED) is 0.842. The third kappa shape index (κ3) is 2.11. The third-order valence-electron chi connectivity index (χ3n) is 3.27. The molecule has 1 aliphatic carbocycles. The lowest BCUT2D eigenvalue weighted by Gasteiger charge is -2.07. The molecule has 104 valence electrons. The number of aryl methyl sites for hydroxylation is 2. The summed E-state index contributed by atoms with van der Waals surface area (Å²) in [4.78, 5) is 30.4. The van der Waals surface area contributed by atoms with Crippen molar-refractivity contribution in [1.29, 1.82) is 0 Å². The van der Waals surface area contributed by atoms with Crippen LogP contribution in [0.15, 0.2) is 10.9 Å². The van der Waals surface area contributed by atoms with Crippen LogP contribution in [-0.2, 0) is 17.6 Å². The van der Waals surface area contributed by atoms with E-state index in [0.717, 1.165) is 36.2 Å². The molecule has 0 spiro atoms. The average molecular weight is 273 g/mol. The molecule has 2 heterocycles. The van der Waals surface area contributed by atoms with Crippen molar-refractivity contribution in [2.45, 2.75) is 33.1 Å². The van der Waals surface area contributed by atoms with Crippen molar-refractivity contribution in [1.82, 2.24) is 19.7 Å². The van der Waals surface area contributed by atoms with Crippen LogP contribution < -0.4 is 10.9 Å². The molecule has 20 heavy (non-hydrogen) atoms. The van der Waals surface area contributed by atoms with E-state index in [0.29, 0.717) is 11.8 Å². The van der Waals surface area contributed by atoms with Gasteiger partial charge in [0.25, 0.3) is 5.56 Å².